The summed E-state index contributed by atoms with van der Waals surface area (Å²) in [4.78, 5) is 0. The monoisotopic (exact) mass is 624 g/mol. The van der Waals surface area contributed by atoms with Crippen LogP contribution in [0.25, 0.3) is 44.3 Å². The van der Waals surface area contributed by atoms with E-state index in [1.807, 2.05) is 0 Å². The van der Waals surface area contributed by atoms with Crippen molar-refractivity contribution in [2.75, 3.05) is 0 Å². The van der Waals surface area contributed by atoms with Gasteiger partial charge in [-0.3, -0.25) is 0 Å². The second-order valence-corrected chi connectivity index (χ2v) is 10.2. The van der Waals surface area contributed by atoms with E-state index in [-0.39, 0.29) is 51.0 Å². The summed E-state index contributed by atoms with van der Waals surface area (Å²) in [5.74, 6) is 0. The fraction of sp³-hybridized carbons (Fsp3) is 0.176. The number of benzene rings is 4. The Bertz CT molecular complexity index is 1710. The topological polar surface area (TPSA) is 9.86 Å². The van der Waals surface area contributed by atoms with Crippen molar-refractivity contribution in [3.05, 3.63) is 118 Å². The quantitative estimate of drug-likeness (QED) is 0.227. The SMILES string of the molecule is Cc1[c-]c2c3c(n(C)c2cc1)-c1ccccc1C3.Cc1[c-]c2c3c(n(C)c2cc1)-c1ccccc1C3.[Cl-].[Cl-].[Zr+4]. The summed E-state index contributed by atoms with van der Waals surface area (Å²) in [6, 6.07) is 33.2. The minimum absolute atomic E-state index is 0. The van der Waals surface area contributed by atoms with E-state index in [1.54, 1.807) is 0 Å². The summed E-state index contributed by atoms with van der Waals surface area (Å²) >= 11 is 0. The molecule has 5 heteroatoms. The summed E-state index contributed by atoms with van der Waals surface area (Å²) in [5.41, 5.74) is 16.3. The van der Waals surface area contributed by atoms with Crippen LogP contribution < -0.4 is 24.8 Å². The summed E-state index contributed by atoms with van der Waals surface area (Å²) in [5, 5.41) is 2.59. The van der Waals surface area contributed by atoms with Crippen LogP contribution in [-0.4, -0.2) is 9.13 Å². The molecule has 0 bridgehead atoms. The van der Waals surface area contributed by atoms with Crippen molar-refractivity contribution < 1.29 is 51.0 Å². The Balaban J connectivity index is 0.000000168. The molecular weight excluding hydrogens is 599 g/mol. The van der Waals surface area contributed by atoms with Gasteiger partial charge in [0.05, 0.1) is 0 Å². The normalized spacial score (nSPS) is 11.8. The Morgan fingerprint density at radius 2 is 0.949 bits per heavy atom. The maximum absolute atomic E-state index is 3.52. The van der Waals surface area contributed by atoms with Gasteiger partial charge in [0.25, 0.3) is 0 Å². The van der Waals surface area contributed by atoms with Gasteiger partial charge in [-0.2, -0.15) is 0 Å². The maximum Gasteiger partial charge on any atom is 4.00 e. The number of hydrogen-bond acceptors (Lipinski definition) is 0. The van der Waals surface area contributed by atoms with Gasteiger partial charge in [0.15, 0.2) is 0 Å². The number of fused-ring (bicyclic) bond motifs is 10. The Kier molecular flexibility index (Phi) is 8.39. The molecule has 2 aromatic heterocycles. The first-order valence-electron chi connectivity index (χ1n) is 12.7. The molecule has 2 aliphatic carbocycles. The number of rotatable bonds is 0. The third-order valence-corrected chi connectivity index (χ3v) is 7.99. The van der Waals surface area contributed by atoms with Crippen molar-refractivity contribution in [2.24, 2.45) is 14.1 Å². The zero-order valence-corrected chi connectivity index (χ0v) is 26.5. The zero-order chi connectivity index (χ0) is 24.6. The molecule has 0 unspecified atom stereocenters. The van der Waals surface area contributed by atoms with Gasteiger partial charge in [0.2, 0.25) is 0 Å². The summed E-state index contributed by atoms with van der Waals surface area (Å²) in [7, 11) is 4.32. The number of aromatic nitrogens is 2. The van der Waals surface area contributed by atoms with E-state index in [1.165, 1.54) is 77.7 Å². The first-order valence-corrected chi connectivity index (χ1v) is 12.7. The molecule has 0 N–H and O–H groups in total. The van der Waals surface area contributed by atoms with Gasteiger partial charge in [-0.05, 0) is 46.1 Å². The van der Waals surface area contributed by atoms with Crippen LogP contribution in [0.3, 0.4) is 0 Å². The Morgan fingerprint density at radius 1 is 0.564 bits per heavy atom. The van der Waals surface area contributed by atoms with Crippen LogP contribution in [0.15, 0.2) is 72.8 Å². The molecule has 2 heterocycles. The second-order valence-electron chi connectivity index (χ2n) is 10.2. The molecule has 0 atom stereocenters. The zero-order valence-electron chi connectivity index (χ0n) is 22.5. The molecule has 0 spiro atoms. The Morgan fingerprint density at radius 3 is 1.36 bits per heavy atom. The van der Waals surface area contributed by atoms with E-state index in [4.69, 9.17) is 0 Å². The molecule has 6 aromatic rings. The standard InChI is InChI=1S/2C17H14N.2ClH.Zr/c2*1-11-7-8-16-14(9-11)15-10-12-5-3-4-6-13(12)17(15)18(16)2;;;/h2*3-8H,10H2,1-2H3;2*1H;/q2*-1;;;+4/p-2. The fourth-order valence-corrected chi connectivity index (χ4v) is 6.30. The number of halogens is 2. The van der Waals surface area contributed by atoms with Crippen molar-refractivity contribution >= 4 is 21.8 Å². The van der Waals surface area contributed by atoms with Gasteiger partial charge in [-0.1, -0.05) is 73.5 Å². The van der Waals surface area contributed by atoms with E-state index in [0.29, 0.717) is 0 Å². The van der Waals surface area contributed by atoms with E-state index < -0.39 is 0 Å². The third kappa shape index (κ3) is 4.53. The number of nitrogens with zero attached hydrogens (tertiary/aromatic N) is 2. The molecule has 8 rings (SSSR count). The first-order chi connectivity index (χ1) is 17.5. The van der Waals surface area contributed by atoms with E-state index in [9.17, 15) is 0 Å². The van der Waals surface area contributed by atoms with Crippen molar-refractivity contribution in [1.82, 2.24) is 9.13 Å². The van der Waals surface area contributed by atoms with Gasteiger partial charge < -0.3 is 33.9 Å². The predicted molar refractivity (Wildman–Crippen MR) is 149 cm³/mol. The number of aryl methyl sites for hydroxylation is 4. The van der Waals surface area contributed by atoms with Crippen LogP contribution in [0.1, 0.15) is 33.4 Å². The minimum Gasteiger partial charge on any atom is -1.00 e. The average molecular weight is 627 g/mol. The molecule has 0 fully saturated rings. The molecule has 0 aliphatic heterocycles. The Hall–Kier alpha value is -2.58. The molecular formula is C34H28Cl2N2Zr. The van der Waals surface area contributed by atoms with Crippen molar-refractivity contribution in [1.29, 1.82) is 0 Å². The van der Waals surface area contributed by atoms with Gasteiger partial charge in [0, 0.05) is 25.5 Å². The Labute approximate surface area is 262 Å². The molecule has 4 aromatic carbocycles. The van der Waals surface area contributed by atoms with Gasteiger partial charge in [-0.15, -0.1) is 58.3 Å². The van der Waals surface area contributed by atoms with Gasteiger partial charge in [0.1, 0.15) is 0 Å². The molecule has 0 radical (unpaired) electrons. The second kappa shape index (κ2) is 11.1. The van der Waals surface area contributed by atoms with Crippen LogP contribution in [0.4, 0.5) is 0 Å². The average Bonchev–Trinajstić information content (AvgIpc) is 3.59. The first kappa shape index (κ1) is 29.4. The van der Waals surface area contributed by atoms with E-state index in [2.05, 4.69) is 122 Å². The molecule has 39 heavy (non-hydrogen) atoms. The van der Waals surface area contributed by atoms with Crippen LogP contribution in [-0.2, 0) is 53.1 Å². The largest absolute Gasteiger partial charge is 4.00 e. The van der Waals surface area contributed by atoms with E-state index in [0.717, 1.165) is 12.8 Å². The van der Waals surface area contributed by atoms with Crippen LogP contribution >= 0.6 is 0 Å². The smallest absolute Gasteiger partial charge is 1.00 e. The van der Waals surface area contributed by atoms with Crippen LogP contribution in [0, 0.1) is 26.0 Å². The summed E-state index contributed by atoms with van der Waals surface area (Å²) < 4.78 is 4.62. The third-order valence-electron chi connectivity index (χ3n) is 7.99. The predicted octanol–water partition coefficient (Wildman–Crippen LogP) is 1.72. The van der Waals surface area contributed by atoms with Crippen LogP contribution in [0.2, 0.25) is 0 Å². The molecule has 192 valence electrons. The maximum atomic E-state index is 3.52. The van der Waals surface area contributed by atoms with Crippen molar-refractivity contribution in [3.63, 3.8) is 0 Å². The van der Waals surface area contributed by atoms with Crippen molar-refractivity contribution in [2.45, 2.75) is 26.7 Å². The molecule has 0 saturated carbocycles. The minimum atomic E-state index is 0. The van der Waals surface area contributed by atoms with Crippen LogP contribution in [0.5, 0.6) is 0 Å². The summed E-state index contributed by atoms with van der Waals surface area (Å²) in [6.07, 6.45) is 2.09. The summed E-state index contributed by atoms with van der Waals surface area (Å²) in [6.45, 7) is 4.22. The number of hydrogen-bond donors (Lipinski definition) is 0. The fourth-order valence-electron chi connectivity index (χ4n) is 6.30. The molecule has 2 aliphatic rings. The molecule has 0 saturated heterocycles. The molecule has 2 nitrogen and oxygen atoms in total. The van der Waals surface area contributed by atoms with Gasteiger partial charge >= 0.3 is 26.2 Å². The van der Waals surface area contributed by atoms with E-state index >= 15 is 0 Å². The van der Waals surface area contributed by atoms with Crippen molar-refractivity contribution in [3.8, 4) is 22.5 Å². The van der Waals surface area contributed by atoms with Gasteiger partial charge in [-0.25, -0.2) is 0 Å². The molecule has 0 amide bonds.